The fourth-order valence-electron chi connectivity index (χ4n) is 4.00. The van der Waals surface area contributed by atoms with Gasteiger partial charge in [0.15, 0.2) is 0 Å². The maximum absolute atomic E-state index is 13.0. The number of hydrogen-bond donors (Lipinski definition) is 1. The molecule has 2 aromatic rings. The summed E-state index contributed by atoms with van der Waals surface area (Å²) < 4.78 is 27.4. The molecule has 1 N–H and O–H groups in total. The predicted octanol–water partition coefficient (Wildman–Crippen LogP) is 3.94. The SMILES string of the molecule is N#Cc1c(NC(=O)C2CCCN2S(=O)(=O)c2ccc(Cl)cc2)sc2c1CCCC2. The van der Waals surface area contributed by atoms with Crippen LogP contribution in [0.1, 0.15) is 41.7 Å². The Morgan fingerprint density at radius 2 is 1.93 bits per heavy atom. The molecule has 1 aromatic carbocycles. The number of rotatable bonds is 4. The minimum absolute atomic E-state index is 0.117. The molecule has 6 nitrogen and oxygen atoms in total. The van der Waals surface area contributed by atoms with Crippen LogP contribution in [0.25, 0.3) is 0 Å². The van der Waals surface area contributed by atoms with Crippen LogP contribution in [0.3, 0.4) is 0 Å². The first-order valence-electron chi connectivity index (χ1n) is 9.54. The van der Waals surface area contributed by atoms with E-state index in [1.165, 1.54) is 39.9 Å². The van der Waals surface area contributed by atoms with Gasteiger partial charge in [0, 0.05) is 16.4 Å². The van der Waals surface area contributed by atoms with Gasteiger partial charge < -0.3 is 5.32 Å². The highest BCUT2D eigenvalue weighted by Crippen LogP contribution is 2.38. The zero-order chi connectivity index (χ0) is 20.6. The van der Waals surface area contributed by atoms with Gasteiger partial charge in [-0.3, -0.25) is 4.79 Å². The highest BCUT2D eigenvalue weighted by atomic mass is 35.5. The van der Waals surface area contributed by atoms with Crippen molar-refractivity contribution in [2.75, 3.05) is 11.9 Å². The Morgan fingerprint density at radius 3 is 2.66 bits per heavy atom. The molecule has 9 heteroatoms. The molecular formula is C20H20ClN3O3S2. The van der Waals surface area contributed by atoms with E-state index in [1.54, 1.807) is 0 Å². The van der Waals surface area contributed by atoms with Gasteiger partial charge in [-0.1, -0.05) is 11.6 Å². The molecule has 1 aliphatic heterocycles. The number of thiophene rings is 1. The van der Waals surface area contributed by atoms with Gasteiger partial charge in [0.2, 0.25) is 15.9 Å². The molecule has 0 saturated carbocycles. The summed E-state index contributed by atoms with van der Waals surface area (Å²) in [4.78, 5) is 14.3. The summed E-state index contributed by atoms with van der Waals surface area (Å²) in [5.41, 5.74) is 1.57. The molecule has 1 fully saturated rings. The molecule has 2 heterocycles. The first-order chi connectivity index (χ1) is 13.9. The second kappa shape index (κ2) is 8.07. The van der Waals surface area contributed by atoms with E-state index in [-0.39, 0.29) is 17.3 Å². The van der Waals surface area contributed by atoms with Crippen molar-refractivity contribution in [1.29, 1.82) is 5.26 Å². The quantitative estimate of drug-likeness (QED) is 0.765. The maximum atomic E-state index is 13.0. The molecule has 29 heavy (non-hydrogen) atoms. The number of amides is 1. The average Bonchev–Trinajstić information content (AvgIpc) is 3.33. The first-order valence-corrected chi connectivity index (χ1v) is 12.2. The van der Waals surface area contributed by atoms with Crippen molar-refractivity contribution in [2.45, 2.75) is 49.5 Å². The van der Waals surface area contributed by atoms with Gasteiger partial charge in [0.25, 0.3) is 0 Å². The number of hydrogen-bond acceptors (Lipinski definition) is 5. The van der Waals surface area contributed by atoms with Crippen LogP contribution in [0, 0.1) is 11.3 Å². The largest absolute Gasteiger partial charge is 0.315 e. The Balaban J connectivity index is 1.58. The zero-order valence-electron chi connectivity index (χ0n) is 15.7. The molecule has 1 unspecified atom stereocenters. The molecule has 0 spiro atoms. The monoisotopic (exact) mass is 449 g/mol. The van der Waals surface area contributed by atoms with Crippen molar-refractivity contribution in [1.82, 2.24) is 4.31 Å². The molecule has 4 rings (SSSR count). The number of carbonyl (C=O) groups excluding carboxylic acids is 1. The predicted molar refractivity (Wildman–Crippen MR) is 113 cm³/mol. The van der Waals surface area contributed by atoms with Gasteiger partial charge in [0.1, 0.15) is 17.1 Å². The molecule has 1 saturated heterocycles. The van der Waals surface area contributed by atoms with Gasteiger partial charge in [-0.15, -0.1) is 11.3 Å². The van der Waals surface area contributed by atoms with E-state index >= 15 is 0 Å². The number of aryl methyl sites for hydroxylation is 1. The zero-order valence-corrected chi connectivity index (χ0v) is 18.0. The second-order valence-electron chi connectivity index (χ2n) is 7.24. The van der Waals surface area contributed by atoms with Crippen molar-refractivity contribution in [3.05, 3.63) is 45.3 Å². The fraction of sp³-hybridized carbons (Fsp3) is 0.400. The average molecular weight is 450 g/mol. The van der Waals surface area contributed by atoms with Gasteiger partial charge in [-0.25, -0.2) is 8.42 Å². The first kappa shape index (κ1) is 20.4. The number of benzene rings is 1. The van der Waals surface area contributed by atoms with E-state index in [2.05, 4.69) is 11.4 Å². The van der Waals surface area contributed by atoms with Gasteiger partial charge in [-0.2, -0.15) is 9.57 Å². The number of nitrogens with one attached hydrogen (secondary N) is 1. The summed E-state index contributed by atoms with van der Waals surface area (Å²) in [5, 5.41) is 13.4. The van der Waals surface area contributed by atoms with Crippen LogP contribution in [0.5, 0.6) is 0 Å². The van der Waals surface area contributed by atoms with E-state index in [9.17, 15) is 18.5 Å². The van der Waals surface area contributed by atoms with Gasteiger partial charge in [-0.05, 0) is 68.4 Å². The van der Waals surface area contributed by atoms with Crippen LogP contribution in [-0.4, -0.2) is 31.2 Å². The number of anilines is 1. The van der Waals surface area contributed by atoms with Crippen molar-refractivity contribution >= 4 is 43.9 Å². The number of nitriles is 1. The maximum Gasteiger partial charge on any atom is 0.243 e. The highest BCUT2D eigenvalue weighted by molar-refractivity contribution is 7.89. The summed E-state index contributed by atoms with van der Waals surface area (Å²) in [7, 11) is -3.81. The van der Waals surface area contributed by atoms with Crippen LogP contribution in [0.4, 0.5) is 5.00 Å². The summed E-state index contributed by atoms with van der Waals surface area (Å²) in [6, 6.07) is 7.38. The van der Waals surface area contributed by atoms with Crippen LogP contribution >= 0.6 is 22.9 Å². The molecule has 1 aromatic heterocycles. The summed E-state index contributed by atoms with van der Waals surface area (Å²) in [6.45, 7) is 0.287. The van der Waals surface area contributed by atoms with Crippen LogP contribution in [-0.2, 0) is 27.7 Å². The lowest BCUT2D eigenvalue weighted by molar-refractivity contribution is -0.119. The van der Waals surface area contributed by atoms with E-state index in [0.717, 1.165) is 36.1 Å². The lowest BCUT2D eigenvalue weighted by Gasteiger charge is -2.23. The Bertz CT molecular complexity index is 1090. The van der Waals surface area contributed by atoms with Crippen LogP contribution in [0.15, 0.2) is 29.2 Å². The molecule has 0 radical (unpaired) electrons. The molecule has 1 atom stereocenters. The van der Waals surface area contributed by atoms with E-state index in [1.807, 2.05) is 0 Å². The summed E-state index contributed by atoms with van der Waals surface area (Å²) in [6.07, 6.45) is 4.96. The number of nitrogens with zero attached hydrogens (tertiary/aromatic N) is 2. The van der Waals surface area contributed by atoms with E-state index < -0.39 is 16.1 Å². The summed E-state index contributed by atoms with van der Waals surface area (Å²) in [5.74, 6) is -0.380. The standard InChI is InChI=1S/C20H20ClN3O3S2/c21-13-7-9-14(10-8-13)29(26,27)24-11-3-5-17(24)19(25)23-20-16(12-22)15-4-1-2-6-18(15)28-20/h7-10,17H,1-6,11H2,(H,23,25). The second-order valence-corrected chi connectivity index (χ2v) is 10.7. The molecule has 1 aliphatic carbocycles. The van der Waals surface area contributed by atoms with Crippen LogP contribution in [0.2, 0.25) is 5.02 Å². The minimum atomic E-state index is -3.81. The molecule has 0 bridgehead atoms. The van der Waals surface area contributed by atoms with Crippen molar-refractivity contribution in [3.8, 4) is 6.07 Å². The normalized spacial score (nSPS) is 19.5. The number of sulfonamides is 1. The number of fused-ring (bicyclic) bond motifs is 1. The number of carbonyl (C=O) groups is 1. The third-order valence-corrected chi connectivity index (χ3v) is 8.83. The highest BCUT2D eigenvalue weighted by Gasteiger charge is 2.40. The van der Waals surface area contributed by atoms with Crippen molar-refractivity contribution in [3.63, 3.8) is 0 Å². The smallest absolute Gasteiger partial charge is 0.243 e. The van der Waals surface area contributed by atoms with Crippen molar-refractivity contribution < 1.29 is 13.2 Å². The van der Waals surface area contributed by atoms with Crippen molar-refractivity contribution in [2.24, 2.45) is 0 Å². The Labute approximate surface area is 179 Å². The minimum Gasteiger partial charge on any atom is -0.315 e. The van der Waals surface area contributed by atoms with E-state index in [0.29, 0.717) is 28.4 Å². The Hall–Kier alpha value is -1.92. The molecule has 2 aliphatic rings. The fourth-order valence-corrected chi connectivity index (χ4v) is 7.02. The molecule has 1 amide bonds. The topological polar surface area (TPSA) is 90.3 Å². The lowest BCUT2D eigenvalue weighted by Crippen LogP contribution is -2.43. The molecular weight excluding hydrogens is 430 g/mol. The lowest BCUT2D eigenvalue weighted by atomic mass is 9.96. The summed E-state index contributed by atoms with van der Waals surface area (Å²) >= 11 is 7.31. The Kier molecular flexibility index (Phi) is 5.67. The Morgan fingerprint density at radius 1 is 1.21 bits per heavy atom. The molecule has 152 valence electrons. The van der Waals surface area contributed by atoms with Crippen LogP contribution < -0.4 is 5.32 Å². The van der Waals surface area contributed by atoms with E-state index in [4.69, 9.17) is 11.6 Å². The number of halogens is 1. The van der Waals surface area contributed by atoms with Gasteiger partial charge in [0.05, 0.1) is 10.5 Å². The van der Waals surface area contributed by atoms with Gasteiger partial charge >= 0.3 is 0 Å². The third-order valence-electron chi connectivity index (χ3n) is 5.45. The third kappa shape index (κ3) is 3.80.